The Labute approximate surface area is 104 Å². The summed E-state index contributed by atoms with van der Waals surface area (Å²) in [6.07, 6.45) is 4.26. The van der Waals surface area contributed by atoms with Gasteiger partial charge in [0.1, 0.15) is 0 Å². The Balaban J connectivity index is 2.26. The molecule has 4 heteroatoms. The largest absolute Gasteiger partial charge is 0.385 e. The van der Waals surface area contributed by atoms with Gasteiger partial charge in [0.15, 0.2) is 0 Å². The number of rotatable bonds is 6. The van der Waals surface area contributed by atoms with E-state index in [2.05, 4.69) is 24.5 Å². The quantitative estimate of drug-likeness (QED) is 0.738. The topological polar surface area (TPSA) is 50.4 Å². The molecule has 0 bridgehead atoms. The molecule has 0 aromatic carbocycles. The maximum Gasteiger partial charge on any atom is 0.237 e. The lowest BCUT2D eigenvalue weighted by atomic mass is 9.89. The molecule has 0 aromatic rings. The van der Waals surface area contributed by atoms with E-state index in [1.165, 1.54) is 6.42 Å². The molecule has 4 nitrogen and oxygen atoms in total. The summed E-state index contributed by atoms with van der Waals surface area (Å²) in [5.41, 5.74) is 0.0976. The van der Waals surface area contributed by atoms with Gasteiger partial charge in [-0.2, -0.15) is 0 Å². The van der Waals surface area contributed by atoms with Gasteiger partial charge in [-0.25, -0.2) is 0 Å². The van der Waals surface area contributed by atoms with E-state index in [0.717, 1.165) is 32.4 Å². The van der Waals surface area contributed by atoms with E-state index in [9.17, 15) is 4.79 Å². The molecule has 1 atom stereocenters. The maximum atomic E-state index is 11.9. The van der Waals surface area contributed by atoms with E-state index in [1.807, 2.05) is 0 Å². The number of methoxy groups -OCH3 is 1. The Morgan fingerprint density at radius 2 is 2.24 bits per heavy atom. The van der Waals surface area contributed by atoms with Gasteiger partial charge >= 0.3 is 0 Å². The van der Waals surface area contributed by atoms with Crippen molar-refractivity contribution in [3.8, 4) is 0 Å². The third kappa shape index (κ3) is 5.50. The standard InChI is InChI=1S/C13H26N2O2/c1-13(2,7-9-17-3)10-15-12(16)11-6-4-5-8-14-11/h11,14H,4-10H2,1-3H3,(H,15,16)/t11-/m0/s1. The molecule has 1 heterocycles. The van der Waals surface area contributed by atoms with Crippen molar-refractivity contribution in [3.05, 3.63) is 0 Å². The fourth-order valence-electron chi connectivity index (χ4n) is 1.99. The molecule has 0 spiro atoms. The van der Waals surface area contributed by atoms with Crippen LogP contribution in [0.15, 0.2) is 0 Å². The Hall–Kier alpha value is -0.610. The van der Waals surface area contributed by atoms with Crippen LogP contribution in [-0.4, -0.2) is 38.8 Å². The van der Waals surface area contributed by atoms with Gasteiger partial charge in [-0.3, -0.25) is 4.79 Å². The lowest BCUT2D eigenvalue weighted by Gasteiger charge is -2.27. The summed E-state index contributed by atoms with van der Waals surface area (Å²) < 4.78 is 5.08. The second-order valence-corrected chi connectivity index (χ2v) is 5.63. The van der Waals surface area contributed by atoms with Gasteiger partial charge in [-0.1, -0.05) is 20.3 Å². The number of amides is 1. The zero-order valence-corrected chi connectivity index (χ0v) is 11.3. The number of hydrogen-bond donors (Lipinski definition) is 2. The predicted octanol–water partition coefficient (Wildman–Crippen LogP) is 1.31. The van der Waals surface area contributed by atoms with Crippen LogP contribution < -0.4 is 10.6 Å². The number of piperidine rings is 1. The summed E-state index contributed by atoms with van der Waals surface area (Å²) in [5, 5.41) is 6.31. The predicted molar refractivity (Wildman–Crippen MR) is 68.9 cm³/mol. The summed E-state index contributed by atoms with van der Waals surface area (Å²) in [6.45, 7) is 6.73. The van der Waals surface area contributed by atoms with Crippen molar-refractivity contribution < 1.29 is 9.53 Å². The van der Waals surface area contributed by atoms with Crippen molar-refractivity contribution in [2.45, 2.75) is 45.6 Å². The lowest BCUT2D eigenvalue weighted by Crippen LogP contribution is -2.48. The molecule has 0 radical (unpaired) electrons. The highest BCUT2D eigenvalue weighted by Gasteiger charge is 2.23. The van der Waals surface area contributed by atoms with Crippen LogP contribution in [0.2, 0.25) is 0 Å². The highest BCUT2D eigenvalue weighted by molar-refractivity contribution is 5.81. The molecular weight excluding hydrogens is 216 g/mol. The zero-order valence-electron chi connectivity index (χ0n) is 11.3. The smallest absolute Gasteiger partial charge is 0.237 e. The van der Waals surface area contributed by atoms with Crippen molar-refractivity contribution in [2.75, 3.05) is 26.8 Å². The minimum absolute atomic E-state index is 0.0157. The molecule has 17 heavy (non-hydrogen) atoms. The summed E-state index contributed by atoms with van der Waals surface area (Å²) in [6, 6.07) is 0.0157. The molecule has 1 amide bonds. The molecule has 100 valence electrons. The number of carbonyl (C=O) groups is 1. The lowest BCUT2D eigenvalue weighted by molar-refractivity contribution is -0.124. The Morgan fingerprint density at radius 3 is 2.82 bits per heavy atom. The fraction of sp³-hybridized carbons (Fsp3) is 0.923. The summed E-state index contributed by atoms with van der Waals surface area (Å²) in [5.74, 6) is 0.148. The first kappa shape index (κ1) is 14.5. The minimum atomic E-state index is 0.0157. The van der Waals surface area contributed by atoms with Gasteiger partial charge in [0, 0.05) is 20.3 Å². The second-order valence-electron chi connectivity index (χ2n) is 5.63. The van der Waals surface area contributed by atoms with Gasteiger partial charge in [-0.05, 0) is 31.2 Å². The van der Waals surface area contributed by atoms with Crippen molar-refractivity contribution in [3.63, 3.8) is 0 Å². The van der Waals surface area contributed by atoms with Gasteiger partial charge in [0.25, 0.3) is 0 Å². The van der Waals surface area contributed by atoms with E-state index < -0.39 is 0 Å². The van der Waals surface area contributed by atoms with Crippen molar-refractivity contribution >= 4 is 5.91 Å². The van der Waals surface area contributed by atoms with Crippen LogP contribution in [0, 0.1) is 5.41 Å². The van der Waals surface area contributed by atoms with Crippen molar-refractivity contribution in [1.29, 1.82) is 0 Å². The molecular formula is C13H26N2O2. The molecule has 0 saturated carbocycles. The van der Waals surface area contributed by atoms with Crippen LogP contribution >= 0.6 is 0 Å². The Kier molecular flexibility index (Phi) is 5.92. The van der Waals surface area contributed by atoms with Gasteiger partial charge in [-0.15, -0.1) is 0 Å². The normalized spacial score (nSPS) is 21.2. The summed E-state index contributed by atoms with van der Waals surface area (Å²) >= 11 is 0. The summed E-state index contributed by atoms with van der Waals surface area (Å²) in [4.78, 5) is 11.9. The van der Waals surface area contributed by atoms with Crippen LogP contribution in [-0.2, 0) is 9.53 Å². The van der Waals surface area contributed by atoms with E-state index in [1.54, 1.807) is 7.11 Å². The Morgan fingerprint density at radius 1 is 1.47 bits per heavy atom. The van der Waals surface area contributed by atoms with Crippen LogP contribution in [0.1, 0.15) is 39.5 Å². The molecule has 1 aliphatic heterocycles. The second kappa shape index (κ2) is 6.97. The molecule has 0 aromatic heterocycles. The van der Waals surface area contributed by atoms with Crippen LogP contribution in [0.5, 0.6) is 0 Å². The van der Waals surface area contributed by atoms with E-state index >= 15 is 0 Å². The molecule has 1 saturated heterocycles. The molecule has 1 rings (SSSR count). The Bertz CT molecular complexity index is 236. The average molecular weight is 242 g/mol. The highest BCUT2D eigenvalue weighted by atomic mass is 16.5. The monoisotopic (exact) mass is 242 g/mol. The number of hydrogen-bond acceptors (Lipinski definition) is 3. The van der Waals surface area contributed by atoms with Gasteiger partial charge in [0.05, 0.1) is 6.04 Å². The van der Waals surface area contributed by atoms with Gasteiger partial charge in [0.2, 0.25) is 5.91 Å². The zero-order chi connectivity index (χ0) is 12.7. The maximum absolute atomic E-state index is 11.9. The van der Waals surface area contributed by atoms with Crippen molar-refractivity contribution in [1.82, 2.24) is 10.6 Å². The molecule has 1 fully saturated rings. The average Bonchev–Trinajstić information content (AvgIpc) is 2.35. The minimum Gasteiger partial charge on any atom is -0.385 e. The van der Waals surface area contributed by atoms with E-state index in [0.29, 0.717) is 6.54 Å². The van der Waals surface area contributed by atoms with Crippen LogP contribution in [0.25, 0.3) is 0 Å². The first-order valence-electron chi connectivity index (χ1n) is 6.55. The van der Waals surface area contributed by atoms with Crippen LogP contribution in [0.4, 0.5) is 0 Å². The molecule has 1 aliphatic rings. The first-order chi connectivity index (χ1) is 8.05. The SMILES string of the molecule is COCCC(C)(C)CNC(=O)[C@@H]1CCCCN1. The fourth-order valence-corrected chi connectivity index (χ4v) is 1.99. The number of carbonyl (C=O) groups excluding carboxylic acids is 1. The first-order valence-corrected chi connectivity index (χ1v) is 6.55. The third-order valence-electron chi connectivity index (χ3n) is 3.35. The molecule has 0 aliphatic carbocycles. The van der Waals surface area contributed by atoms with Gasteiger partial charge < -0.3 is 15.4 Å². The highest BCUT2D eigenvalue weighted by Crippen LogP contribution is 2.19. The number of nitrogens with one attached hydrogen (secondary N) is 2. The van der Waals surface area contributed by atoms with Crippen molar-refractivity contribution in [2.24, 2.45) is 5.41 Å². The third-order valence-corrected chi connectivity index (χ3v) is 3.35. The van der Waals surface area contributed by atoms with E-state index in [4.69, 9.17) is 4.74 Å². The van der Waals surface area contributed by atoms with E-state index in [-0.39, 0.29) is 17.4 Å². The van der Waals surface area contributed by atoms with Crippen LogP contribution in [0.3, 0.4) is 0 Å². The molecule has 0 unspecified atom stereocenters. The summed E-state index contributed by atoms with van der Waals surface area (Å²) in [7, 11) is 1.71. The molecule has 2 N–H and O–H groups in total. The number of ether oxygens (including phenoxy) is 1.